The Morgan fingerprint density at radius 2 is 1.85 bits per heavy atom. The van der Waals surface area contributed by atoms with E-state index in [9.17, 15) is 21.6 Å². The average molecular weight is 384 g/mol. The van der Waals surface area contributed by atoms with Crippen molar-refractivity contribution in [3.8, 4) is 17.2 Å². The van der Waals surface area contributed by atoms with Gasteiger partial charge in [-0.3, -0.25) is 4.99 Å². The first-order valence-electron chi connectivity index (χ1n) is 7.42. The predicted molar refractivity (Wildman–Crippen MR) is 85.8 cm³/mol. The van der Waals surface area contributed by atoms with Crippen LogP contribution in [0.25, 0.3) is 0 Å². The van der Waals surface area contributed by atoms with Gasteiger partial charge < -0.3 is 14.2 Å². The van der Waals surface area contributed by atoms with E-state index in [-0.39, 0.29) is 6.54 Å². The van der Waals surface area contributed by atoms with Crippen molar-refractivity contribution >= 4 is 16.5 Å². The zero-order chi connectivity index (χ0) is 18.6. The molecule has 136 valence electrons. The smallest absolute Gasteiger partial charge is 0.457 e. The van der Waals surface area contributed by atoms with Gasteiger partial charge in [0.15, 0.2) is 0 Å². The lowest BCUT2D eigenvalue weighted by Gasteiger charge is -2.36. The second kappa shape index (κ2) is 5.37. The van der Waals surface area contributed by atoms with Crippen molar-refractivity contribution in [2.24, 2.45) is 4.99 Å². The number of alkyl halides is 3. The summed E-state index contributed by atoms with van der Waals surface area (Å²) in [6.45, 7) is 0.274. The lowest BCUT2D eigenvalue weighted by molar-refractivity contribution is -0.0500. The predicted octanol–water partition coefficient (Wildman–Crippen LogP) is 2.90. The van der Waals surface area contributed by atoms with Gasteiger partial charge in [-0.15, -0.1) is 0 Å². The third-order valence-electron chi connectivity index (χ3n) is 4.20. The van der Waals surface area contributed by atoms with Gasteiger partial charge in [-0.2, -0.15) is 21.6 Å². The molecule has 1 spiro atoms. The molecule has 2 aliphatic rings. The average Bonchev–Trinajstić information content (AvgIpc) is 3.05. The number of rotatable bonds is 2. The summed E-state index contributed by atoms with van der Waals surface area (Å²) in [5.41, 5.74) is -5.21. The Morgan fingerprint density at radius 1 is 1.12 bits per heavy atom. The molecule has 26 heavy (non-hydrogen) atoms. The Kier molecular flexibility index (Phi) is 3.45. The maximum atomic E-state index is 12.6. The van der Waals surface area contributed by atoms with Crippen molar-refractivity contribution in [3.05, 3.63) is 53.6 Å². The number of hydrogen-bond acceptors (Lipinski definition) is 6. The van der Waals surface area contributed by atoms with E-state index in [4.69, 9.17) is 4.74 Å². The minimum atomic E-state index is -5.77. The summed E-state index contributed by atoms with van der Waals surface area (Å²) in [5.74, 6) is 0.491. The number of halogens is 3. The molecule has 2 aromatic rings. The molecule has 6 nitrogen and oxygen atoms in total. The Morgan fingerprint density at radius 3 is 2.54 bits per heavy atom. The van der Waals surface area contributed by atoms with E-state index in [1.54, 1.807) is 24.3 Å². The summed E-state index contributed by atoms with van der Waals surface area (Å²) in [6.07, 6.45) is 1.49. The Bertz CT molecular complexity index is 1010. The highest BCUT2D eigenvalue weighted by Crippen LogP contribution is 2.48. The summed E-state index contributed by atoms with van der Waals surface area (Å²) in [6, 6.07) is 10.9. The van der Waals surface area contributed by atoms with Gasteiger partial charge in [-0.25, -0.2) is 0 Å². The Labute approximate surface area is 146 Å². The summed E-state index contributed by atoms with van der Waals surface area (Å²) in [4.78, 5) is 4.17. The largest absolute Gasteiger partial charge is 0.534 e. The number of para-hydroxylation sites is 1. The van der Waals surface area contributed by atoms with Crippen molar-refractivity contribution in [2.45, 2.75) is 11.0 Å². The highest BCUT2D eigenvalue weighted by Gasteiger charge is 2.49. The van der Waals surface area contributed by atoms with E-state index < -0.39 is 26.9 Å². The molecule has 1 atom stereocenters. The summed E-state index contributed by atoms with van der Waals surface area (Å²) in [7, 11) is -5.77. The molecule has 0 amide bonds. The van der Waals surface area contributed by atoms with Crippen LogP contribution in [0.1, 0.15) is 11.1 Å². The minimum absolute atomic E-state index is 0.274. The van der Waals surface area contributed by atoms with E-state index in [1.165, 1.54) is 18.5 Å². The van der Waals surface area contributed by atoms with E-state index in [0.717, 1.165) is 11.6 Å². The van der Waals surface area contributed by atoms with E-state index in [2.05, 4.69) is 14.5 Å². The van der Waals surface area contributed by atoms with Crippen molar-refractivity contribution < 1.29 is 30.5 Å². The van der Waals surface area contributed by atoms with E-state index in [0.29, 0.717) is 17.1 Å². The molecule has 4 rings (SSSR count). The van der Waals surface area contributed by atoms with Gasteiger partial charge in [0.2, 0.25) is 0 Å². The summed E-state index contributed by atoms with van der Waals surface area (Å²) in [5, 5.41) is 3.11. The van der Waals surface area contributed by atoms with Gasteiger partial charge in [0.05, 0.1) is 12.9 Å². The highest BCUT2D eigenvalue weighted by molar-refractivity contribution is 7.88. The third-order valence-corrected chi connectivity index (χ3v) is 5.18. The van der Waals surface area contributed by atoms with Gasteiger partial charge >= 0.3 is 15.6 Å². The van der Waals surface area contributed by atoms with Crippen molar-refractivity contribution in [1.29, 1.82) is 0 Å². The van der Waals surface area contributed by atoms with Crippen LogP contribution in [-0.2, 0) is 15.7 Å². The Balaban J connectivity index is 1.82. The van der Waals surface area contributed by atoms with Crippen LogP contribution in [0.5, 0.6) is 17.2 Å². The van der Waals surface area contributed by atoms with Crippen LogP contribution in [-0.4, -0.2) is 26.8 Å². The molecular weight excluding hydrogens is 373 g/mol. The molecule has 1 N–H and O–H groups in total. The molecular formula is C16H11F3N2O4S. The number of ether oxygens (including phenoxy) is 1. The second-order valence-electron chi connectivity index (χ2n) is 5.76. The monoisotopic (exact) mass is 384 g/mol. The summed E-state index contributed by atoms with van der Waals surface area (Å²) >= 11 is 0. The molecule has 0 radical (unpaired) electrons. The molecule has 0 saturated heterocycles. The Hall–Kier alpha value is -2.75. The normalized spacial score (nSPS) is 20.9. The first-order chi connectivity index (χ1) is 12.2. The van der Waals surface area contributed by atoms with Crippen LogP contribution >= 0.6 is 0 Å². The molecule has 10 heteroatoms. The van der Waals surface area contributed by atoms with Gasteiger partial charge in [0.1, 0.15) is 22.8 Å². The van der Waals surface area contributed by atoms with Gasteiger partial charge in [0, 0.05) is 11.1 Å². The summed E-state index contributed by atoms with van der Waals surface area (Å²) < 4.78 is 70.3. The fraction of sp³-hybridized carbons (Fsp3) is 0.188. The first kappa shape index (κ1) is 16.7. The molecule has 2 aliphatic heterocycles. The molecule has 2 aromatic carbocycles. The van der Waals surface area contributed by atoms with Crippen LogP contribution in [0.15, 0.2) is 47.5 Å². The standard InChI is InChI=1S/C16H11F3N2O4S/c17-16(18,19)26(22,23)25-10-5-6-14-12(7-10)15(8-20-9-21-15)11-3-1-2-4-13(11)24-14/h1-7,9H,8H2,(H,20,21). The number of hydrogen-bond donors (Lipinski definition) is 1. The van der Waals surface area contributed by atoms with Crippen molar-refractivity contribution in [1.82, 2.24) is 5.32 Å². The third kappa shape index (κ3) is 2.40. The molecule has 0 bridgehead atoms. The molecule has 1 unspecified atom stereocenters. The topological polar surface area (TPSA) is 77.0 Å². The number of nitrogens with one attached hydrogen (secondary N) is 1. The maximum absolute atomic E-state index is 12.6. The van der Waals surface area contributed by atoms with Crippen LogP contribution in [0.4, 0.5) is 13.2 Å². The number of aliphatic imine (C=N–C) groups is 1. The molecule has 0 saturated carbocycles. The molecule has 0 aliphatic carbocycles. The SMILES string of the molecule is O=S(=O)(Oc1ccc2c(c1)C1(CN=CN1)c1ccccc1O2)C(F)(F)F. The van der Waals surface area contributed by atoms with Crippen LogP contribution in [0.3, 0.4) is 0 Å². The number of benzene rings is 2. The quantitative estimate of drug-likeness (QED) is 0.637. The number of fused-ring (bicyclic) bond motifs is 4. The number of nitrogens with zero attached hydrogens (tertiary/aromatic N) is 1. The van der Waals surface area contributed by atoms with E-state index in [1.807, 2.05) is 0 Å². The lowest BCUT2D eigenvalue weighted by atomic mass is 9.80. The van der Waals surface area contributed by atoms with Crippen molar-refractivity contribution in [2.75, 3.05) is 6.54 Å². The van der Waals surface area contributed by atoms with Crippen LogP contribution < -0.4 is 14.2 Å². The zero-order valence-corrected chi connectivity index (χ0v) is 13.8. The van der Waals surface area contributed by atoms with Gasteiger partial charge in [-0.1, -0.05) is 18.2 Å². The minimum Gasteiger partial charge on any atom is -0.457 e. The molecule has 0 aromatic heterocycles. The van der Waals surface area contributed by atoms with E-state index >= 15 is 0 Å². The fourth-order valence-electron chi connectivity index (χ4n) is 3.04. The van der Waals surface area contributed by atoms with Crippen LogP contribution in [0.2, 0.25) is 0 Å². The van der Waals surface area contributed by atoms with Gasteiger partial charge in [-0.05, 0) is 24.3 Å². The van der Waals surface area contributed by atoms with Crippen molar-refractivity contribution in [3.63, 3.8) is 0 Å². The van der Waals surface area contributed by atoms with Crippen LogP contribution in [0, 0.1) is 0 Å². The molecule has 2 heterocycles. The lowest BCUT2D eigenvalue weighted by Crippen LogP contribution is -2.43. The second-order valence-corrected chi connectivity index (χ2v) is 7.30. The molecule has 0 fully saturated rings. The maximum Gasteiger partial charge on any atom is 0.534 e. The fourth-order valence-corrected chi connectivity index (χ4v) is 3.49. The first-order valence-corrected chi connectivity index (χ1v) is 8.82. The zero-order valence-electron chi connectivity index (χ0n) is 12.9. The van der Waals surface area contributed by atoms with Gasteiger partial charge in [0.25, 0.3) is 0 Å². The highest BCUT2D eigenvalue weighted by atomic mass is 32.2.